The summed E-state index contributed by atoms with van der Waals surface area (Å²) in [6.45, 7) is 8.84. The fourth-order valence-electron chi connectivity index (χ4n) is 7.92. The maximum atomic E-state index is 14.8. The van der Waals surface area contributed by atoms with Gasteiger partial charge >= 0.3 is 12.2 Å². The van der Waals surface area contributed by atoms with E-state index in [1.54, 1.807) is 51.1 Å². The van der Waals surface area contributed by atoms with Crippen LogP contribution in [-0.2, 0) is 63.1 Å². The number of nitrogens with zero attached hydrogens (tertiary/aromatic N) is 2. The second-order valence-corrected chi connectivity index (χ2v) is 19.2. The first kappa shape index (κ1) is 43.3. The minimum atomic E-state index is -3.96. The molecule has 3 heterocycles. The Morgan fingerprint density at radius 2 is 1.80 bits per heavy atom. The smallest absolute Gasteiger partial charge is 0.410 e. The summed E-state index contributed by atoms with van der Waals surface area (Å²) >= 11 is 0. The van der Waals surface area contributed by atoms with Crippen molar-refractivity contribution in [3.05, 3.63) is 89.5 Å². The molecule has 4 N–H and O–H groups in total. The van der Waals surface area contributed by atoms with Crippen molar-refractivity contribution in [2.75, 3.05) is 19.8 Å². The second kappa shape index (κ2) is 17.3. The summed E-state index contributed by atoms with van der Waals surface area (Å²) in [5.41, 5.74) is 0.748. The van der Waals surface area contributed by atoms with Gasteiger partial charge in [0.2, 0.25) is 27.7 Å². The predicted octanol–water partition coefficient (Wildman–Crippen LogP) is 2.65. The van der Waals surface area contributed by atoms with Crippen LogP contribution in [0, 0.1) is 11.3 Å². The third-order valence-electron chi connectivity index (χ3n) is 11.7. The first-order chi connectivity index (χ1) is 29.0. The molecular formula is C43H52N6O11S. The Morgan fingerprint density at radius 1 is 1.05 bits per heavy atom. The van der Waals surface area contributed by atoms with Crippen molar-refractivity contribution in [1.82, 2.24) is 30.5 Å². The van der Waals surface area contributed by atoms with Gasteiger partial charge in [-0.2, -0.15) is 0 Å². The normalized spacial score (nSPS) is 27.3. The molecule has 0 radical (unpaired) electrons. The summed E-state index contributed by atoms with van der Waals surface area (Å²) in [5.74, 6) is -3.75. The van der Waals surface area contributed by atoms with Crippen molar-refractivity contribution in [1.29, 1.82) is 0 Å². The van der Waals surface area contributed by atoms with Crippen LogP contribution < -0.4 is 20.7 Å². The highest BCUT2D eigenvalue weighted by molar-refractivity contribution is 7.91. The van der Waals surface area contributed by atoms with Gasteiger partial charge in [0.25, 0.3) is 5.91 Å². The topological polar surface area (TPSA) is 219 Å². The zero-order chi connectivity index (χ0) is 43.7. The Bertz CT molecular complexity index is 2220. The quantitative estimate of drug-likeness (QED) is 0.269. The SMILES string of the molecule is C=C[C@@H]1C[C@]1(NC(=O)[C@@H]1C[C@@H]2CN1C(=O)[C@H](C(C)(C)C)NC(=O)[C@@H](NC(=O)OCc1ccccc1)COC/C=C\c1cccc3c1CN(C3)C(=O)O2)C(=O)NS(=O)(=O)C1CC1. The van der Waals surface area contributed by atoms with Gasteiger partial charge in [0.1, 0.15) is 36.4 Å². The van der Waals surface area contributed by atoms with Crippen molar-refractivity contribution in [2.24, 2.45) is 11.3 Å². The summed E-state index contributed by atoms with van der Waals surface area (Å²) in [4.78, 5) is 86.4. The highest BCUT2D eigenvalue weighted by Crippen LogP contribution is 2.45. The molecule has 0 aromatic heterocycles. The van der Waals surface area contributed by atoms with Crippen LogP contribution in [0.1, 0.15) is 68.7 Å². The molecule has 17 nitrogen and oxygen atoms in total. The van der Waals surface area contributed by atoms with Crippen LogP contribution in [0.25, 0.3) is 6.08 Å². The second-order valence-electron chi connectivity index (χ2n) is 17.3. The van der Waals surface area contributed by atoms with Crippen LogP contribution in [0.4, 0.5) is 9.59 Å². The Kier molecular flexibility index (Phi) is 12.3. The molecule has 18 heteroatoms. The number of hydrogen-bond acceptors (Lipinski definition) is 11. The number of carbonyl (C=O) groups excluding carboxylic acids is 6. The lowest BCUT2D eigenvalue weighted by atomic mass is 9.85. The molecule has 4 bridgehead atoms. The number of amides is 6. The fourth-order valence-corrected chi connectivity index (χ4v) is 9.28. The molecule has 0 unspecified atom stereocenters. The number of carbonyl (C=O) groups is 6. The van der Waals surface area contributed by atoms with Crippen LogP contribution in [0.5, 0.6) is 0 Å². The molecule has 2 aromatic carbocycles. The minimum absolute atomic E-state index is 0.0482. The van der Waals surface area contributed by atoms with Gasteiger partial charge in [0, 0.05) is 18.9 Å². The third-order valence-corrected chi connectivity index (χ3v) is 13.5. The number of benzene rings is 2. The van der Waals surface area contributed by atoms with E-state index in [4.69, 9.17) is 14.2 Å². The number of nitrogens with one attached hydrogen (secondary N) is 4. The van der Waals surface area contributed by atoms with E-state index in [0.717, 1.165) is 22.3 Å². The maximum Gasteiger partial charge on any atom is 0.410 e. The molecule has 3 aliphatic heterocycles. The molecular weight excluding hydrogens is 809 g/mol. The van der Waals surface area contributed by atoms with Crippen LogP contribution in [0.2, 0.25) is 0 Å². The Hall–Kier alpha value is -5.75. The average Bonchev–Trinajstić information content (AvgIpc) is 4.11. The first-order valence-corrected chi connectivity index (χ1v) is 21.9. The Labute approximate surface area is 354 Å². The van der Waals surface area contributed by atoms with E-state index in [1.165, 1.54) is 15.9 Å². The molecule has 2 aromatic rings. The number of hydrogen-bond donors (Lipinski definition) is 4. The average molecular weight is 861 g/mol. The van der Waals surface area contributed by atoms with E-state index in [0.29, 0.717) is 12.8 Å². The first-order valence-electron chi connectivity index (χ1n) is 20.4. The van der Waals surface area contributed by atoms with Crippen LogP contribution in [-0.4, -0.2) is 109 Å². The lowest BCUT2D eigenvalue weighted by Crippen LogP contribution is -2.62. The molecule has 6 atom stereocenters. The number of rotatable bonds is 9. The summed E-state index contributed by atoms with van der Waals surface area (Å²) in [5, 5.41) is 7.38. The van der Waals surface area contributed by atoms with Gasteiger partial charge in [0.15, 0.2) is 0 Å². The standard InChI is InChI=1S/C43H52N6O11S/c1-5-29-20-43(29,39(53)47-61(56,57)31-16-17-31)46-37(51)34-19-30-22-49(34)38(52)35(42(2,3)4)45-36(50)33(44-40(54)59-24-26-11-7-6-8-12-26)25-58-18-10-15-27-13-9-14-28-21-48(23-32(27)28)41(55)60-30/h5-15,29-31,33-35H,1,16-25H2,2-4H3,(H,44,54)(H,45,50)(H,46,51)(H,47,53)/b15-10-/t29-,30-,33+,34+,35-,43-/m1/s1. The number of ether oxygens (including phenoxy) is 3. The van der Waals surface area contributed by atoms with Gasteiger partial charge in [-0.25, -0.2) is 18.0 Å². The number of fused-ring (bicyclic) bond motifs is 3. The monoisotopic (exact) mass is 860 g/mol. The lowest BCUT2D eigenvalue weighted by Gasteiger charge is -2.36. The molecule has 2 saturated carbocycles. The van der Waals surface area contributed by atoms with Gasteiger partial charge < -0.3 is 35.1 Å². The molecule has 2 aliphatic carbocycles. The summed E-state index contributed by atoms with van der Waals surface area (Å²) < 4.78 is 44.9. The van der Waals surface area contributed by atoms with Gasteiger partial charge in [-0.05, 0) is 46.9 Å². The van der Waals surface area contributed by atoms with Crippen LogP contribution in [0.15, 0.2) is 67.3 Å². The van der Waals surface area contributed by atoms with Crippen molar-refractivity contribution < 1.29 is 51.4 Å². The van der Waals surface area contributed by atoms with E-state index < -0.39 is 92.2 Å². The molecule has 6 amide bonds. The molecule has 1 saturated heterocycles. The third kappa shape index (κ3) is 9.75. The van der Waals surface area contributed by atoms with Crippen molar-refractivity contribution in [2.45, 2.75) is 101 Å². The predicted molar refractivity (Wildman–Crippen MR) is 220 cm³/mol. The zero-order valence-corrected chi connectivity index (χ0v) is 35.2. The van der Waals surface area contributed by atoms with E-state index in [2.05, 4.69) is 27.3 Å². The van der Waals surface area contributed by atoms with E-state index >= 15 is 0 Å². The molecule has 0 spiro atoms. The van der Waals surface area contributed by atoms with E-state index in [9.17, 15) is 37.2 Å². The van der Waals surface area contributed by atoms with Crippen LogP contribution >= 0.6 is 0 Å². The van der Waals surface area contributed by atoms with Crippen molar-refractivity contribution in [3.63, 3.8) is 0 Å². The van der Waals surface area contributed by atoms with Crippen molar-refractivity contribution >= 4 is 51.9 Å². The zero-order valence-electron chi connectivity index (χ0n) is 34.4. The molecule has 5 aliphatic rings. The van der Waals surface area contributed by atoms with E-state index in [1.807, 2.05) is 30.3 Å². The van der Waals surface area contributed by atoms with Gasteiger partial charge in [0.05, 0.1) is 31.6 Å². The Morgan fingerprint density at radius 3 is 2.49 bits per heavy atom. The van der Waals surface area contributed by atoms with Crippen molar-refractivity contribution in [3.8, 4) is 0 Å². The van der Waals surface area contributed by atoms with Crippen LogP contribution in [0.3, 0.4) is 0 Å². The van der Waals surface area contributed by atoms with Gasteiger partial charge in [-0.3, -0.25) is 28.8 Å². The number of alkyl carbamates (subject to hydrolysis) is 1. The highest BCUT2D eigenvalue weighted by atomic mass is 32.2. The molecule has 61 heavy (non-hydrogen) atoms. The number of sulfonamides is 1. The minimum Gasteiger partial charge on any atom is -0.445 e. The highest BCUT2D eigenvalue weighted by Gasteiger charge is 2.62. The summed E-state index contributed by atoms with van der Waals surface area (Å²) in [7, 11) is -3.96. The fraction of sp³-hybridized carbons (Fsp3) is 0.488. The van der Waals surface area contributed by atoms with Gasteiger partial charge in [-0.15, -0.1) is 6.58 Å². The van der Waals surface area contributed by atoms with Gasteiger partial charge in [-0.1, -0.05) is 87.5 Å². The molecule has 326 valence electrons. The maximum absolute atomic E-state index is 14.8. The molecule has 7 rings (SSSR count). The Balaban J connectivity index is 1.17. The lowest BCUT2D eigenvalue weighted by molar-refractivity contribution is -0.145. The largest absolute Gasteiger partial charge is 0.445 e. The molecule has 3 fully saturated rings. The summed E-state index contributed by atoms with van der Waals surface area (Å²) in [6.07, 6.45) is 3.27. The van der Waals surface area contributed by atoms with E-state index in [-0.39, 0.29) is 52.3 Å². The summed E-state index contributed by atoms with van der Waals surface area (Å²) in [6, 6.07) is 10.7.